The normalized spacial score (nSPS) is 23.0. The van der Waals surface area contributed by atoms with Crippen molar-refractivity contribution < 1.29 is 37.3 Å². The van der Waals surface area contributed by atoms with E-state index in [9.17, 15) is 27.9 Å². The van der Waals surface area contributed by atoms with E-state index in [2.05, 4.69) is 20.5 Å². The summed E-state index contributed by atoms with van der Waals surface area (Å²) in [6.07, 6.45) is -4.01. The van der Waals surface area contributed by atoms with Gasteiger partial charge >= 0.3 is 12.1 Å². The van der Waals surface area contributed by atoms with Gasteiger partial charge < -0.3 is 24.8 Å². The highest BCUT2D eigenvalue weighted by Crippen LogP contribution is 2.39. The van der Waals surface area contributed by atoms with Gasteiger partial charge in [0.2, 0.25) is 5.91 Å². The van der Waals surface area contributed by atoms with Crippen molar-refractivity contribution >= 4 is 29.3 Å². The lowest BCUT2D eigenvalue weighted by Gasteiger charge is -2.36. The predicted octanol–water partition coefficient (Wildman–Crippen LogP) is 4.13. The van der Waals surface area contributed by atoms with Crippen molar-refractivity contribution in [2.75, 3.05) is 17.6 Å². The molecule has 0 aliphatic carbocycles. The van der Waals surface area contributed by atoms with Gasteiger partial charge in [-0.05, 0) is 36.1 Å². The van der Waals surface area contributed by atoms with E-state index in [0.717, 1.165) is 11.1 Å². The average Bonchev–Trinajstić information content (AvgIpc) is 3.68. The van der Waals surface area contributed by atoms with Crippen LogP contribution in [0.5, 0.6) is 0 Å². The predicted molar refractivity (Wildman–Crippen MR) is 141 cm³/mol. The van der Waals surface area contributed by atoms with E-state index in [1.807, 2.05) is 24.3 Å². The molecule has 2 aromatic carbocycles. The third-order valence-electron chi connectivity index (χ3n) is 6.90. The largest absolute Gasteiger partial charge is 0.471 e. The van der Waals surface area contributed by atoms with E-state index in [1.54, 1.807) is 24.3 Å². The molecule has 2 fully saturated rings. The Bertz CT molecular complexity index is 1340. The molecule has 4 atom stereocenters. The van der Waals surface area contributed by atoms with Crippen LogP contribution in [0.15, 0.2) is 60.0 Å². The first-order chi connectivity index (χ1) is 19.7. The monoisotopic (exact) mass is 591 g/mol. The van der Waals surface area contributed by atoms with Crippen LogP contribution in [0.3, 0.4) is 0 Å². The van der Waals surface area contributed by atoms with Gasteiger partial charge in [0.25, 0.3) is 0 Å². The van der Waals surface area contributed by atoms with Gasteiger partial charge in [-0.2, -0.15) is 18.3 Å². The van der Waals surface area contributed by atoms with Crippen LogP contribution in [-0.2, 0) is 25.7 Å². The van der Waals surface area contributed by atoms with Crippen LogP contribution in [-0.4, -0.2) is 67.6 Å². The molecule has 0 saturated carbocycles. The molecule has 2 aliphatic heterocycles. The van der Waals surface area contributed by atoms with Crippen LogP contribution in [0.4, 0.5) is 18.9 Å². The maximum atomic E-state index is 13.0. The fourth-order valence-corrected chi connectivity index (χ4v) is 5.69. The summed E-state index contributed by atoms with van der Waals surface area (Å²) in [5, 5.41) is 19.4. The lowest BCUT2D eigenvalue weighted by Crippen LogP contribution is -2.48. The Morgan fingerprint density at radius 2 is 1.95 bits per heavy atom. The maximum Gasteiger partial charge on any atom is 0.471 e. The summed E-state index contributed by atoms with van der Waals surface area (Å²) in [6, 6.07) is 12.9. The number of ether oxygens (including phenoxy) is 2. The zero-order valence-electron chi connectivity index (χ0n) is 21.7. The first-order valence-electron chi connectivity index (χ1n) is 13.0. The maximum absolute atomic E-state index is 13.0. The molecular weight excluding hydrogens is 563 g/mol. The lowest BCUT2D eigenvalue weighted by molar-refractivity contribution is -0.245. The van der Waals surface area contributed by atoms with E-state index < -0.39 is 30.3 Å². The smallest absolute Gasteiger partial charge is 0.392 e. The van der Waals surface area contributed by atoms with Crippen LogP contribution >= 0.6 is 11.8 Å². The van der Waals surface area contributed by atoms with Crippen molar-refractivity contribution in [1.29, 1.82) is 0 Å². The third kappa shape index (κ3) is 7.07. The second-order valence-electron chi connectivity index (χ2n) is 9.72. The second kappa shape index (κ2) is 12.6. The third-order valence-corrected chi connectivity index (χ3v) is 7.91. The number of aliphatic hydroxyl groups excluding tert-OH is 1. The molecule has 0 spiro atoms. The van der Waals surface area contributed by atoms with Gasteiger partial charge in [0.05, 0.1) is 18.8 Å². The molecule has 2 aliphatic rings. The summed E-state index contributed by atoms with van der Waals surface area (Å²) in [7, 11) is 0. The van der Waals surface area contributed by atoms with Crippen molar-refractivity contribution in [3.05, 3.63) is 71.5 Å². The Labute approximate surface area is 237 Å². The number of hydrogen-bond acceptors (Lipinski definition) is 8. The molecule has 218 valence electrons. The topological polar surface area (TPSA) is 130 Å². The number of carbonyl (C=O) groups excluding carboxylic acids is 2. The number of carbonyl (C=O) groups is 2. The van der Waals surface area contributed by atoms with Crippen LogP contribution in [0, 0.1) is 0 Å². The number of benzene rings is 2. The number of nitrogens with one attached hydrogen (secondary N) is 2. The summed E-state index contributed by atoms with van der Waals surface area (Å²) < 4.78 is 51.6. The van der Waals surface area contributed by atoms with Gasteiger partial charge in [0, 0.05) is 30.0 Å². The second-order valence-corrected chi connectivity index (χ2v) is 10.7. The number of amides is 2. The molecule has 5 rings (SSSR count). The Balaban J connectivity index is 1.32. The van der Waals surface area contributed by atoms with E-state index in [4.69, 9.17) is 9.47 Å². The highest BCUT2D eigenvalue weighted by molar-refractivity contribution is 7.99. The summed E-state index contributed by atoms with van der Waals surface area (Å²) in [4.78, 5) is 29.4. The van der Waals surface area contributed by atoms with Gasteiger partial charge in [0.15, 0.2) is 11.4 Å². The fraction of sp³-hybridized carbons (Fsp3) is 0.407. The molecule has 2 amide bonds. The molecule has 3 aromatic rings. The first kappa shape index (κ1) is 29.0. The number of aromatic nitrogens is 3. The minimum absolute atomic E-state index is 0.0739. The molecule has 0 radical (unpaired) electrons. The Hall–Kier alpha value is -3.46. The van der Waals surface area contributed by atoms with Crippen molar-refractivity contribution in [3.63, 3.8) is 0 Å². The van der Waals surface area contributed by atoms with Crippen LogP contribution in [0.25, 0.3) is 0 Å². The fourth-order valence-electron chi connectivity index (χ4n) is 4.89. The number of aromatic amines is 1. The van der Waals surface area contributed by atoms with Crippen molar-refractivity contribution in [2.24, 2.45) is 0 Å². The quantitative estimate of drug-likeness (QED) is 0.334. The number of halogens is 3. The number of rotatable bonds is 8. The van der Waals surface area contributed by atoms with E-state index in [1.165, 1.54) is 18.1 Å². The average molecular weight is 592 g/mol. The van der Waals surface area contributed by atoms with Gasteiger partial charge in [-0.15, -0.1) is 0 Å². The van der Waals surface area contributed by atoms with Gasteiger partial charge in [-0.25, -0.2) is 4.98 Å². The summed E-state index contributed by atoms with van der Waals surface area (Å²) in [5.74, 6) is -2.15. The highest BCUT2D eigenvalue weighted by Gasteiger charge is 2.47. The number of likely N-dealkylation sites (tertiary alicyclic amines) is 1. The zero-order valence-corrected chi connectivity index (χ0v) is 22.5. The Kier molecular flexibility index (Phi) is 8.92. The molecule has 41 heavy (non-hydrogen) atoms. The Morgan fingerprint density at radius 1 is 1.15 bits per heavy atom. The zero-order chi connectivity index (χ0) is 29.0. The van der Waals surface area contributed by atoms with Crippen LogP contribution < -0.4 is 5.32 Å². The van der Waals surface area contributed by atoms with Crippen LogP contribution in [0.1, 0.15) is 48.3 Å². The molecule has 14 heteroatoms. The number of nitrogens with zero attached hydrogens (tertiary/aromatic N) is 3. The minimum atomic E-state index is -5.05. The molecule has 1 aromatic heterocycles. The van der Waals surface area contributed by atoms with Gasteiger partial charge in [0.1, 0.15) is 12.4 Å². The first-order valence-corrected chi connectivity index (χ1v) is 14.0. The summed E-state index contributed by atoms with van der Waals surface area (Å²) in [6.45, 7) is -0.205. The number of hydrogen-bond donors (Lipinski definition) is 3. The summed E-state index contributed by atoms with van der Waals surface area (Å²) >= 11 is 1.45. The number of aliphatic hydroxyl groups is 1. The van der Waals surface area contributed by atoms with Crippen molar-refractivity contribution in [1.82, 2.24) is 20.1 Å². The van der Waals surface area contributed by atoms with Crippen molar-refractivity contribution in [2.45, 2.75) is 61.7 Å². The van der Waals surface area contributed by atoms with E-state index >= 15 is 0 Å². The molecule has 0 bridgehead atoms. The molecule has 3 N–H and O–H groups in total. The lowest BCUT2D eigenvalue weighted by atomic mass is 10.0. The van der Waals surface area contributed by atoms with E-state index in [-0.39, 0.29) is 31.8 Å². The van der Waals surface area contributed by atoms with Crippen molar-refractivity contribution in [3.8, 4) is 0 Å². The molecule has 10 nitrogen and oxygen atoms in total. The highest BCUT2D eigenvalue weighted by atomic mass is 32.2. The summed E-state index contributed by atoms with van der Waals surface area (Å²) in [5.41, 5.74) is 2.62. The number of H-pyrrole nitrogens is 1. The van der Waals surface area contributed by atoms with E-state index in [0.29, 0.717) is 39.9 Å². The number of anilines is 1. The molecule has 3 heterocycles. The van der Waals surface area contributed by atoms with Gasteiger partial charge in [-0.3, -0.25) is 14.7 Å². The molecule has 2 saturated heterocycles. The Morgan fingerprint density at radius 3 is 2.66 bits per heavy atom. The number of alkyl halides is 3. The minimum Gasteiger partial charge on any atom is -0.392 e. The number of thioether (sulfide) groups is 1. The molecule has 4 unspecified atom stereocenters. The van der Waals surface area contributed by atoms with Crippen LogP contribution in [0.2, 0.25) is 0 Å². The molecular formula is C27H28F3N5O5S. The van der Waals surface area contributed by atoms with Gasteiger partial charge in [-0.1, -0.05) is 48.2 Å². The standard InChI is InChI=1S/C27H28F3N5O5S/c28-27(29,30)25(38)35-10-2-5-21(35)23(37)33-19-4-1-3-18(11-19)24-39-20(14-41-26-31-15-32-34-26)12-22(40-24)17-8-6-16(13-36)7-9-17/h1,3-4,6-9,11,15,20-22,24,36H,2,5,10,12-14H2,(H,33,37)(H,31,32,34). The SMILES string of the molecule is O=C(Nc1cccc(C2OC(CSc3ncn[nH]3)CC(c3ccc(CO)cc3)O2)c1)C1CCCN1C(=O)C(F)(F)F.